The van der Waals surface area contributed by atoms with Crippen LogP contribution >= 0.6 is 15.9 Å². The van der Waals surface area contributed by atoms with Gasteiger partial charge < -0.3 is 15.1 Å². The van der Waals surface area contributed by atoms with Crippen LogP contribution in [0.1, 0.15) is 12.5 Å². The van der Waals surface area contributed by atoms with Gasteiger partial charge in [-0.1, -0.05) is 6.07 Å². The smallest absolute Gasteiger partial charge is 0.227 e. The van der Waals surface area contributed by atoms with E-state index in [1.807, 2.05) is 17.0 Å². The molecule has 24 heavy (non-hydrogen) atoms. The van der Waals surface area contributed by atoms with Crippen molar-refractivity contribution in [2.24, 2.45) is 0 Å². The second kappa shape index (κ2) is 7.17. The van der Waals surface area contributed by atoms with E-state index in [1.54, 1.807) is 13.1 Å². The predicted octanol–water partition coefficient (Wildman–Crippen LogP) is 2.96. The number of halogens is 1. The van der Waals surface area contributed by atoms with Crippen LogP contribution < -0.4 is 10.2 Å². The lowest BCUT2D eigenvalue weighted by Crippen LogP contribution is -2.48. The highest BCUT2D eigenvalue weighted by molar-refractivity contribution is 9.10. The van der Waals surface area contributed by atoms with Crippen LogP contribution in [0.15, 0.2) is 34.9 Å². The molecule has 0 atom stereocenters. The average molecular weight is 390 g/mol. The summed E-state index contributed by atoms with van der Waals surface area (Å²) in [6.07, 6.45) is 1.75. The summed E-state index contributed by atoms with van der Waals surface area (Å²) < 4.78 is 0.998. The summed E-state index contributed by atoms with van der Waals surface area (Å²) >= 11 is 3.57. The second-order valence-corrected chi connectivity index (χ2v) is 6.70. The zero-order valence-electron chi connectivity index (χ0n) is 13.8. The van der Waals surface area contributed by atoms with Gasteiger partial charge in [-0.15, -0.1) is 0 Å². The van der Waals surface area contributed by atoms with Crippen molar-refractivity contribution in [3.05, 3.63) is 40.5 Å². The lowest BCUT2D eigenvalue weighted by atomic mass is 10.2. The number of aryl methyl sites for hydroxylation is 1. The number of anilines is 3. The summed E-state index contributed by atoms with van der Waals surface area (Å²) in [7, 11) is 0. The van der Waals surface area contributed by atoms with Crippen LogP contribution in [0.25, 0.3) is 0 Å². The number of rotatable bonds is 3. The molecule has 7 heteroatoms. The first kappa shape index (κ1) is 16.7. The van der Waals surface area contributed by atoms with E-state index >= 15 is 0 Å². The monoisotopic (exact) mass is 389 g/mol. The van der Waals surface area contributed by atoms with E-state index in [4.69, 9.17) is 0 Å². The molecule has 6 nitrogen and oxygen atoms in total. The molecular weight excluding hydrogens is 370 g/mol. The number of carbonyl (C=O) groups is 1. The van der Waals surface area contributed by atoms with Crippen molar-refractivity contribution in [3.8, 4) is 0 Å². The van der Waals surface area contributed by atoms with Crippen LogP contribution in [-0.2, 0) is 4.79 Å². The fraction of sp³-hybridized carbons (Fsp3) is 0.353. The molecule has 2 heterocycles. The van der Waals surface area contributed by atoms with Crippen LogP contribution in [0.3, 0.4) is 0 Å². The van der Waals surface area contributed by atoms with Crippen molar-refractivity contribution < 1.29 is 4.79 Å². The molecule has 1 aliphatic rings. The van der Waals surface area contributed by atoms with Crippen molar-refractivity contribution >= 4 is 39.3 Å². The van der Waals surface area contributed by atoms with Crippen molar-refractivity contribution in [1.29, 1.82) is 0 Å². The van der Waals surface area contributed by atoms with Crippen LogP contribution in [0.2, 0.25) is 0 Å². The molecule has 0 radical (unpaired) electrons. The van der Waals surface area contributed by atoms with E-state index in [1.165, 1.54) is 5.56 Å². The molecule has 1 aliphatic heterocycles. The maximum absolute atomic E-state index is 11.4. The number of benzene rings is 1. The zero-order chi connectivity index (χ0) is 17.1. The number of piperazine rings is 1. The third-order valence-corrected chi connectivity index (χ3v) is 4.69. The Kier molecular flexibility index (Phi) is 4.99. The molecule has 1 aromatic carbocycles. The highest BCUT2D eigenvalue weighted by Gasteiger charge is 2.20. The van der Waals surface area contributed by atoms with Gasteiger partial charge in [-0.05, 0) is 46.6 Å². The van der Waals surface area contributed by atoms with Gasteiger partial charge in [0.05, 0.1) is 5.69 Å². The third-order valence-electron chi connectivity index (χ3n) is 4.04. The highest BCUT2D eigenvalue weighted by atomic mass is 79.9. The largest absolute Gasteiger partial charge is 0.339 e. The van der Waals surface area contributed by atoms with Gasteiger partial charge in [-0.2, -0.15) is 4.98 Å². The Morgan fingerprint density at radius 1 is 1.21 bits per heavy atom. The van der Waals surface area contributed by atoms with E-state index in [0.29, 0.717) is 19.0 Å². The lowest BCUT2D eigenvalue weighted by Gasteiger charge is -2.34. The maximum atomic E-state index is 11.4. The molecule has 0 aliphatic carbocycles. The topological polar surface area (TPSA) is 61.4 Å². The second-order valence-electron chi connectivity index (χ2n) is 5.84. The van der Waals surface area contributed by atoms with Crippen LogP contribution in [0.5, 0.6) is 0 Å². The number of nitrogens with zero attached hydrogens (tertiary/aromatic N) is 4. The molecule has 0 unspecified atom stereocenters. The predicted molar refractivity (Wildman–Crippen MR) is 98.7 cm³/mol. The molecule has 1 fully saturated rings. The maximum Gasteiger partial charge on any atom is 0.227 e. The van der Waals surface area contributed by atoms with E-state index in [9.17, 15) is 4.79 Å². The Labute approximate surface area is 150 Å². The van der Waals surface area contributed by atoms with Crippen molar-refractivity contribution in [2.45, 2.75) is 13.8 Å². The first-order chi connectivity index (χ1) is 11.5. The molecule has 1 amide bonds. The molecule has 1 N–H and O–H groups in total. The Bertz CT molecular complexity index is 744. The summed E-state index contributed by atoms with van der Waals surface area (Å²) in [6.45, 7) is 6.57. The van der Waals surface area contributed by atoms with Gasteiger partial charge in [0.25, 0.3) is 0 Å². The molecular formula is C17H20BrN5O. The number of hydrogen-bond donors (Lipinski definition) is 1. The fourth-order valence-corrected chi connectivity index (χ4v) is 3.24. The number of aromatic nitrogens is 2. The first-order valence-corrected chi connectivity index (χ1v) is 8.69. The zero-order valence-corrected chi connectivity index (χ0v) is 15.4. The Morgan fingerprint density at radius 2 is 1.96 bits per heavy atom. The van der Waals surface area contributed by atoms with Gasteiger partial charge in [0.1, 0.15) is 5.82 Å². The number of carbonyl (C=O) groups excluding carboxylic acids is 1. The molecule has 3 rings (SSSR count). The normalized spacial score (nSPS) is 14.6. The van der Waals surface area contributed by atoms with Crippen molar-refractivity contribution in [3.63, 3.8) is 0 Å². The molecule has 0 saturated carbocycles. The molecule has 1 saturated heterocycles. The number of nitrogens with one attached hydrogen (secondary N) is 1. The minimum absolute atomic E-state index is 0.121. The summed E-state index contributed by atoms with van der Waals surface area (Å²) in [5.41, 5.74) is 2.16. The van der Waals surface area contributed by atoms with E-state index in [0.717, 1.165) is 29.1 Å². The minimum atomic E-state index is 0.121. The molecule has 126 valence electrons. The van der Waals surface area contributed by atoms with Crippen LogP contribution in [0.4, 0.5) is 17.5 Å². The first-order valence-electron chi connectivity index (χ1n) is 7.89. The van der Waals surface area contributed by atoms with E-state index in [-0.39, 0.29) is 5.91 Å². The SMILES string of the molecule is CC(=O)N1CCN(c2nccc(Nc3ccc(C)cc3Br)n2)CC1. The summed E-state index contributed by atoms with van der Waals surface area (Å²) in [6, 6.07) is 7.98. The van der Waals surface area contributed by atoms with Crippen LogP contribution in [-0.4, -0.2) is 47.0 Å². The summed E-state index contributed by atoms with van der Waals surface area (Å²) in [5.74, 6) is 1.56. The van der Waals surface area contributed by atoms with Gasteiger partial charge in [0.2, 0.25) is 11.9 Å². The van der Waals surface area contributed by atoms with Crippen molar-refractivity contribution in [2.75, 3.05) is 36.4 Å². The quantitative estimate of drug-likeness (QED) is 0.873. The van der Waals surface area contributed by atoms with Gasteiger partial charge in [0, 0.05) is 43.8 Å². The van der Waals surface area contributed by atoms with Gasteiger partial charge in [-0.3, -0.25) is 4.79 Å². The Balaban J connectivity index is 1.71. The average Bonchev–Trinajstić information content (AvgIpc) is 2.58. The standard InChI is InChI=1S/C17H20BrN5O/c1-12-3-4-15(14(18)11-12)20-16-5-6-19-17(21-16)23-9-7-22(8-10-23)13(2)24/h3-6,11H,7-10H2,1-2H3,(H,19,20,21). The van der Waals surface area contributed by atoms with E-state index in [2.05, 4.69) is 55.2 Å². The number of hydrogen-bond acceptors (Lipinski definition) is 5. The molecule has 0 bridgehead atoms. The van der Waals surface area contributed by atoms with Crippen molar-refractivity contribution in [1.82, 2.24) is 14.9 Å². The van der Waals surface area contributed by atoms with Gasteiger partial charge in [-0.25, -0.2) is 4.98 Å². The lowest BCUT2D eigenvalue weighted by molar-refractivity contribution is -0.129. The molecule has 1 aromatic heterocycles. The van der Waals surface area contributed by atoms with E-state index < -0.39 is 0 Å². The highest BCUT2D eigenvalue weighted by Crippen LogP contribution is 2.26. The Morgan fingerprint density at radius 3 is 2.62 bits per heavy atom. The minimum Gasteiger partial charge on any atom is -0.339 e. The molecule has 0 spiro atoms. The molecule has 2 aromatic rings. The van der Waals surface area contributed by atoms with Gasteiger partial charge in [0.15, 0.2) is 0 Å². The van der Waals surface area contributed by atoms with Gasteiger partial charge >= 0.3 is 0 Å². The number of amides is 1. The Hall–Kier alpha value is -2.15. The summed E-state index contributed by atoms with van der Waals surface area (Å²) in [5, 5.41) is 3.32. The fourth-order valence-electron chi connectivity index (χ4n) is 2.65. The summed E-state index contributed by atoms with van der Waals surface area (Å²) in [4.78, 5) is 24.3. The third kappa shape index (κ3) is 3.84. The van der Waals surface area contributed by atoms with Crippen LogP contribution in [0, 0.1) is 6.92 Å².